The van der Waals surface area contributed by atoms with E-state index in [1.54, 1.807) is 31.2 Å². The molecule has 0 radical (unpaired) electrons. The van der Waals surface area contributed by atoms with Gasteiger partial charge in [-0.05, 0) is 55.3 Å². The zero-order valence-electron chi connectivity index (χ0n) is 19.2. The molecule has 182 valence electrons. The van der Waals surface area contributed by atoms with Crippen molar-refractivity contribution in [3.8, 4) is 12.1 Å². The summed E-state index contributed by atoms with van der Waals surface area (Å²) in [4.78, 5) is 15.0. The van der Waals surface area contributed by atoms with Crippen molar-refractivity contribution in [1.82, 2.24) is 19.9 Å². The third kappa shape index (κ3) is 6.81. The summed E-state index contributed by atoms with van der Waals surface area (Å²) >= 11 is 0. The summed E-state index contributed by atoms with van der Waals surface area (Å²) in [5, 5.41) is 14.6. The summed E-state index contributed by atoms with van der Waals surface area (Å²) < 4.78 is 39.9. The van der Waals surface area contributed by atoms with Gasteiger partial charge in [-0.1, -0.05) is 0 Å². The Labute approximate surface area is 201 Å². The fourth-order valence-electron chi connectivity index (χ4n) is 3.50. The van der Waals surface area contributed by atoms with Gasteiger partial charge < -0.3 is 20.1 Å². The van der Waals surface area contributed by atoms with E-state index >= 15 is 0 Å². The van der Waals surface area contributed by atoms with E-state index in [4.69, 9.17) is 14.7 Å². The first-order chi connectivity index (χ1) is 17.0. The van der Waals surface area contributed by atoms with Crippen LogP contribution in [0.2, 0.25) is 0 Å². The van der Waals surface area contributed by atoms with Gasteiger partial charge in [-0.2, -0.15) is 20.2 Å². The molecule has 1 aliphatic heterocycles. The van der Waals surface area contributed by atoms with Gasteiger partial charge in [-0.3, -0.25) is 4.90 Å². The molecule has 35 heavy (non-hydrogen) atoms. The van der Waals surface area contributed by atoms with Crippen LogP contribution < -0.4 is 15.4 Å². The minimum Gasteiger partial charge on any atom is -0.463 e. The topological polar surface area (TPSA) is 108 Å². The molecule has 2 heterocycles. The Balaban J connectivity index is 1.51. The zero-order valence-corrected chi connectivity index (χ0v) is 19.2. The molecule has 2 aromatic carbocycles. The highest BCUT2D eigenvalue weighted by atomic mass is 19.1. The van der Waals surface area contributed by atoms with Gasteiger partial charge in [0, 0.05) is 25.3 Å². The lowest BCUT2D eigenvalue weighted by Crippen LogP contribution is -2.37. The molecule has 11 heteroatoms. The number of morpholine rings is 1. The van der Waals surface area contributed by atoms with Crippen LogP contribution in [0, 0.1) is 29.9 Å². The molecule has 0 unspecified atom stereocenters. The quantitative estimate of drug-likeness (QED) is 0.440. The predicted molar refractivity (Wildman–Crippen MR) is 126 cm³/mol. The Morgan fingerprint density at radius 2 is 1.69 bits per heavy atom. The molecule has 2 N–H and O–H groups in total. The van der Waals surface area contributed by atoms with Crippen LogP contribution in [0.3, 0.4) is 0 Å². The van der Waals surface area contributed by atoms with Gasteiger partial charge in [-0.25, -0.2) is 8.78 Å². The lowest BCUT2D eigenvalue weighted by molar-refractivity contribution is 0.0356. The average molecular weight is 482 g/mol. The minimum absolute atomic E-state index is 0.00792. The Bertz CT molecular complexity index is 1170. The highest BCUT2D eigenvalue weighted by Crippen LogP contribution is 2.25. The lowest BCUT2D eigenvalue weighted by Gasteiger charge is -2.26. The second kappa shape index (κ2) is 11.5. The maximum absolute atomic E-state index is 14.4. The van der Waals surface area contributed by atoms with Crippen molar-refractivity contribution in [3.05, 3.63) is 59.2 Å². The summed E-state index contributed by atoms with van der Waals surface area (Å²) in [6.45, 7) is 6.00. The number of hydrogen-bond donors (Lipinski definition) is 2. The first kappa shape index (κ1) is 24.3. The summed E-state index contributed by atoms with van der Waals surface area (Å²) in [7, 11) is 0. The number of halogens is 2. The molecule has 0 aliphatic carbocycles. The molecule has 1 aromatic heterocycles. The maximum atomic E-state index is 14.4. The largest absolute Gasteiger partial charge is 0.463 e. The molecule has 1 aliphatic rings. The van der Waals surface area contributed by atoms with Crippen LogP contribution >= 0.6 is 0 Å². The molecule has 0 amide bonds. The Kier molecular flexibility index (Phi) is 7.97. The van der Waals surface area contributed by atoms with Crippen molar-refractivity contribution >= 4 is 23.3 Å². The SMILES string of the molecule is Cc1cc(F)c(Nc2nc(Nc3ccc(C#N)cc3)nc(OCCCN3CCOCC3)n2)c(F)c1. The van der Waals surface area contributed by atoms with E-state index in [-0.39, 0.29) is 23.6 Å². The monoisotopic (exact) mass is 481 g/mol. The number of nitrogens with one attached hydrogen (secondary N) is 2. The molecule has 4 rings (SSSR count). The molecule has 0 atom stereocenters. The van der Waals surface area contributed by atoms with Gasteiger partial charge in [0.2, 0.25) is 11.9 Å². The Hall–Kier alpha value is -3.88. The van der Waals surface area contributed by atoms with Gasteiger partial charge >= 0.3 is 6.01 Å². The molecule has 0 spiro atoms. The van der Waals surface area contributed by atoms with E-state index in [0.717, 1.165) is 39.3 Å². The first-order valence-corrected chi connectivity index (χ1v) is 11.2. The summed E-state index contributed by atoms with van der Waals surface area (Å²) in [6, 6.07) is 11.2. The summed E-state index contributed by atoms with van der Waals surface area (Å²) in [6.07, 6.45) is 0.744. The third-order valence-corrected chi connectivity index (χ3v) is 5.26. The second-order valence-corrected chi connectivity index (χ2v) is 7.96. The number of aryl methyl sites for hydroxylation is 1. The molecule has 1 fully saturated rings. The third-order valence-electron chi connectivity index (χ3n) is 5.26. The van der Waals surface area contributed by atoms with Crippen molar-refractivity contribution in [2.75, 3.05) is 50.1 Å². The fourth-order valence-corrected chi connectivity index (χ4v) is 3.50. The van der Waals surface area contributed by atoms with Crippen LogP contribution in [0.25, 0.3) is 0 Å². The Morgan fingerprint density at radius 1 is 1.03 bits per heavy atom. The molecular weight excluding hydrogens is 456 g/mol. The van der Waals surface area contributed by atoms with Crippen LogP contribution in [0.4, 0.5) is 32.1 Å². The highest BCUT2D eigenvalue weighted by molar-refractivity contribution is 5.59. The molecule has 9 nitrogen and oxygen atoms in total. The minimum atomic E-state index is -0.766. The van der Waals surface area contributed by atoms with E-state index in [9.17, 15) is 8.78 Å². The van der Waals surface area contributed by atoms with E-state index < -0.39 is 11.6 Å². The van der Waals surface area contributed by atoms with Gasteiger partial charge in [0.1, 0.15) is 17.3 Å². The van der Waals surface area contributed by atoms with Crippen molar-refractivity contribution in [1.29, 1.82) is 5.26 Å². The van der Waals surface area contributed by atoms with Gasteiger partial charge in [0.25, 0.3) is 0 Å². The van der Waals surface area contributed by atoms with Crippen LogP contribution in [-0.4, -0.2) is 59.3 Å². The molecule has 0 bridgehead atoms. The first-order valence-electron chi connectivity index (χ1n) is 11.2. The van der Waals surface area contributed by atoms with Crippen LogP contribution in [0.1, 0.15) is 17.5 Å². The van der Waals surface area contributed by atoms with Crippen LogP contribution in [0.5, 0.6) is 6.01 Å². The number of nitrogens with zero attached hydrogens (tertiary/aromatic N) is 5. The second-order valence-electron chi connectivity index (χ2n) is 7.96. The number of aromatic nitrogens is 3. The van der Waals surface area contributed by atoms with Crippen LogP contribution in [-0.2, 0) is 4.74 Å². The zero-order chi connectivity index (χ0) is 24.6. The molecular formula is C24H25F2N7O2. The van der Waals surface area contributed by atoms with E-state index in [0.29, 0.717) is 23.4 Å². The fraction of sp³-hybridized carbons (Fsp3) is 0.333. The van der Waals surface area contributed by atoms with E-state index in [2.05, 4.69) is 30.5 Å². The maximum Gasteiger partial charge on any atom is 0.323 e. The van der Waals surface area contributed by atoms with E-state index in [1.165, 1.54) is 12.1 Å². The number of rotatable bonds is 9. The standard InChI is InChI=1S/C24H25F2N7O2/c1-16-13-19(25)21(20(26)14-16)29-23-30-22(28-18-5-3-17(15-27)4-6-18)31-24(32-23)35-10-2-7-33-8-11-34-12-9-33/h3-6,13-14H,2,7-12H2,1H3,(H2,28,29,30,31,32). The van der Waals surface area contributed by atoms with Crippen molar-refractivity contribution in [2.24, 2.45) is 0 Å². The van der Waals surface area contributed by atoms with Crippen LogP contribution in [0.15, 0.2) is 36.4 Å². The Morgan fingerprint density at radius 3 is 2.34 bits per heavy atom. The number of hydrogen-bond acceptors (Lipinski definition) is 9. The summed E-state index contributed by atoms with van der Waals surface area (Å²) in [5.41, 5.74) is 1.20. The smallest absolute Gasteiger partial charge is 0.323 e. The predicted octanol–water partition coefficient (Wildman–Crippen LogP) is 3.92. The average Bonchev–Trinajstić information content (AvgIpc) is 2.85. The number of nitriles is 1. The number of benzene rings is 2. The molecule has 0 saturated carbocycles. The molecule has 1 saturated heterocycles. The van der Waals surface area contributed by atoms with E-state index in [1.807, 2.05) is 6.07 Å². The van der Waals surface area contributed by atoms with Gasteiger partial charge in [0.05, 0.1) is 31.5 Å². The summed E-state index contributed by atoms with van der Waals surface area (Å²) in [5.74, 6) is -1.50. The number of anilines is 4. The highest BCUT2D eigenvalue weighted by Gasteiger charge is 2.15. The lowest BCUT2D eigenvalue weighted by atomic mass is 10.2. The van der Waals surface area contributed by atoms with Crippen molar-refractivity contribution in [2.45, 2.75) is 13.3 Å². The van der Waals surface area contributed by atoms with Crippen molar-refractivity contribution in [3.63, 3.8) is 0 Å². The normalized spacial score (nSPS) is 13.8. The number of ether oxygens (including phenoxy) is 2. The molecule has 3 aromatic rings. The van der Waals surface area contributed by atoms with Gasteiger partial charge in [0.15, 0.2) is 0 Å². The van der Waals surface area contributed by atoms with Crippen molar-refractivity contribution < 1.29 is 18.3 Å². The van der Waals surface area contributed by atoms with Gasteiger partial charge in [-0.15, -0.1) is 0 Å².